The third kappa shape index (κ3) is 4.08. The number of likely N-dealkylation sites (tertiary alicyclic amines) is 1. The molecule has 0 N–H and O–H groups in total. The minimum absolute atomic E-state index is 0.624. The molecule has 2 aromatic carbocycles. The molecule has 36 heavy (non-hydrogen) atoms. The molecule has 182 valence electrons. The molecule has 2 aliphatic rings. The smallest absolute Gasteiger partial charge is 0.187 e. The zero-order chi connectivity index (χ0) is 24.6. The van der Waals surface area contributed by atoms with E-state index in [0.717, 1.165) is 71.0 Å². The predicted octanol–water partition coefficient (Wildman–Crippen LogP) is 5.49. The summed E-state index contributed by atoms with van der Waals surface area (Å²) in [5, 5.41) is 0. The molecule has 0 amide bonds. The quantitative estimate of drug-likeness (QED) is 0.363. The number of hydrogen-bond donors (Lipinski definition) is 0. The van der Waals surface area contributed by atoms with Gasteiger partial charge >= 0.3 is 0 Å². The van der Waals surface area contributed by atoms with E-state index in [1.807, 2.05) is 36.8 Å². The summed E-state index contributed by atoms with van der Waals surface area (Å²) >= 11 is 0. The Hall–Kier alpha value is -3.89. The summed E-state index contributed by atoms with van der Waals surface area (Å²) in [4.78, 5) is 18.1. The molecule has 7 heteroatoms. The number of likely N-dealkylation sites (N-methyl/N-ethyl adjacent to an activating group) is 1. The van der Waals surface area contributed by atoms with Gasteiger partial charge in [0.15, 0.2) is 5.69 Å². The first-order chi connectivity index (χ1) is 17.6. The lowest BCUT2D eigenvalue weighted by molar-refractivity contribution is 0.206. The highest BCUT2D eigenvalue weighted by Gasteiger charge is 2.22. The van der Waals surface area contributed by atoms with E-state index in [9.17, 15) is 0 Å². The van der Waals surface area contributed by atoms with Crippen LogP contribution >= 0.6 is 0 Å². The summed E-state index contributed by atoms with van der Waals surface area (Å²) < 4.78 is 8.26. The van der Waals surface area contributed by atoms with E-state index in [1.54, 1.807) is 0 Å². The van der Waals surface area contributed by atoms with E-state index < -0.39 is 0 Å². The Morgan fingerprint density at radius 2 is 1.78 bits per heavy atom. The monoisotopic (exact) mass is 478 g/mol. The van der Waals surface area contributed by atoms with Gasteiger partial charge in [-0.3, -0.25) is 4.98 Å². The standard InChI is InChI=1S/C29H30N6O/c1-30-23-7-4-21(5-8-23)27-28(22-6-9-24-26(16-22)36-15-14-34(24)3)31-17-25-29(27)32-19-35(25)18-20-10-12-33(2)13-11-20/h4-9,16-17,19-20H,10-15,18H2,2-3H3. The van der Waals surface area contributed by atoms with Crippen LogP contribution in [0.15, 0.2) is 55.0 Å². The van der Waals surface area contributed by atoms with E-state index in [2.05, 4.69) is 51.5 Å². The average molecular weight is 479 g/mol. The molecule has 0 aliphatic carbocycles. The van der Waals surface area contributed by atoms with E-state index in [1.165, 1.54) is 12.8 Å². The Morgan fingerprint density at radius 3 is 2.56 bits per heavy atom. The fourth-order valence-electron chi connectivity index (χ4n) is 5.39. The molecular formula is C29H30N6O. The number of aromatic nitrogens is 3. The maximum atomic E-state index is 7.35. The molecule has 0 spiro atoms. The topological polar surface area (TPSA) is 50.8 Å². The summed E-state index contributed by atoms with van der Waals surface area (Å²) in [7, 11) is 4.29. The predicted molar refractivity (Wildman–Crippen MR) is 144 cm³/mol. The van der Waals surface area contributed by atoms with Crippen molar-refractivity contribution in [1.82, 2.24) is 19.4 Å². The van der Waals surface area contributed by atoms with E-state index in [-0.39, 0.29) is 0 Å². The van der Waals surface area contributed by atoms with Crippen molar-refractivity contribution in [3.05, 3.63) is 66.4 Å². The van der Waals surface area contributed by atoms with E-state index >= 15 is 0 Å². The number of fused-ring (bicyclic) bond motifs is 2. The van der Waals surface area contributed by atoms with Crippen LogP contribution in [0.4, 0.5) is 11.4 Å². The van der Waals surface area contributed by atoms with Crippen molar-refractivity contribution < 1.29 is 4.74 Å². The average Bonchev–Trinajstić information content (AvgIpc) is 3.32. The third-order valence-electron chi connectivity index (χ3n) is 7.57. The summed E-state index contributed by atoms with van der Waals surface area (Å²) in [6, 6.07) is 14.1. The van der Waals surface area contributed by atoms with Gasteiger partial charge in [-0.05, 0) is 56.6 Å². The normalized spacial score (nSPS) is 16.5. The fourth-order valence-corrected chi connectivity index (χ4v) is 5.39. The number of rotatable bonds is 4. The number of pyridine rings is 1. The molecule has 0 unspecified atom stereocenters. The lowest BCUT2D eigenvalue weighted by atomic mass is 9.96. The van der Waals surface area contributed by atoms with Crippen LogP contribution in [-0.2, 0) is 6.54 Å². The molecule has 0 atom stereocenters. The molecular weight excluding hydrogens is 448 g/mol. The van der Waals surface area contributed by atoms with Crippen molar-refractivity contribution in [3.63, 3.8) is 0 Å². The molecule has 1 saturated heterocycles. The number of imidazole rings is 1. The van der Waals surface area contributed by atoms with E-state index in [4.69, 9.17) is 21.3 Å². The van der Waals surface area contributed by atoms with Crippen LogP contribution in [0.3, 0.4) is 0 Å². The zero-order valence-electron chi connectivity index (χ0n) is 20.8. The van der Waals surface area contributed by atoms with Gasteiger partial charge in [-0.15, -0.1) is 0 Å². The van der Waals surface area contributed by atoms with Crippen LogP contribution in [0.2, 0.25) is 0 Å². The van der Waals surface area contributed by atoms with Gasteiger partial charge in [0.05, 0.1) is 42.5 Å². The minimum atomic E-state index is 0.624. The first kappa shape index (κ1) is 22.6. The van der Waals surface area contributed by atoms with Crippen molar-refractivity contribution >= 4 is 22.4 Å². The highest BCUT2D eigenvalue weighted by atomic mass is 16.5. The van der Waals surface area contributed by atoms with Crippen LogP contribution in [0.5, 0.6) is 5.75 Å². The Bertz CT molecular complexity index is 1440. The third-order valence-corrected chi connectivity index (χ3v) is 7.57. The van der Waals surface area contributed by atoms with Crippen molar-refractivity contribution in [2.24, 2.45) is 5.92 Å². The van der Waals surface area contributed by atoms with Crippen molar-refractivity contribution in [2.45, 2.75) is 19.4 Å². The molecule has 7 nitrogen and oxygen atoms in total. The second-order valence-electron chi connectivity index (χ2n) is 9.97. The minimum Gasteiger partial charge on any atom is -0.490 e. The summed E-state index contributed by atoms with van der Waals surface area (Å²) in [5.74, 6) is 1.53. The van der Waals surface area contributed by atoms with Gasteiger partial charge in [-0.1, -0.05) is 30.3 Å². The van der Waals surface area contributed by atoms with Crippen molar-refractivity contribution in [2.75, 3.05) is 45.2 Å². The van der Waals surface area contributed by atoms with Crippen molar-refractivity contribution in [3.8, 4) is 28.1 Å². The first-order valence-electron chi connectivity index (χ1n) is 12.6. The molecule has 0 bridgehead atoms. The van der Waals surface area contributed by atoms with Crippen LogP contribution in [0.1, 0.15) is 12.8 Å². The number of benzene rings is 2. The first-order valence-corrected chi connectivity index (χ1v) is 12.6. The molecule has 0 saturated carbocycles. The SMILES string of the molecule is [C-]#[N+]c1ccc(-c2c(-c3ccc4c(c3)OCCN4C)ncc3c2ncn3CC2CCN(C)CC2)cc1. The van der Waals surface area contributed by atoms with Gasteiger partial charge in [-0.25, -0.2) is 9.83 Å². The lowest BCUT2D eigenvalue weighted by Crippen LogP contribution is -2.31. The Kier molecular flexibility index (Phi) is 5.82. The molecule has 1 fully saturated rings. The molecule has 4 heterocycles. The largest absolute Gasteiger partial charge is 0.490 e. The zero-order valence-corrected chi connectivity index (χ0v) is 20.8. The molecule has 2 aromatic heterocycles. The highest BCUT2D eigenvalue weighted by Crippen LogP contribution is 2.40. The molecule has 2 aliphatic heterocycles. The fraction of sp³-hybridized carbons (Fsp3) is 0.345. The van der Waals surface area contributed by atoms with Crippen LogP contribution in [0, 0.1) is 12.5 Å². The van der Waals surface area contributed by atoms with Gasteiger partial charge in [0.1, 0.15) is 17.9 Å². The second-order valence-corrected chi connectivity index (χ2v) is 9.97. The molecule has 4 aromatic rings. The number of anilines is 1. The Morgan fingerprint density at radius 1 is 1.00 bits per heavy atom. The molecule has 6 rings (SSSR count). The van der Waals surface area contributed by atoms with Crippen LogP contribution < -0.4 is 9.64 Å². The van der Waals surface area contributed by atoms with E-state index in [0.29, 0.717) is 18.2 Å². The Balaban J connectivity index is 1.46. The van der Waals surface area contributed by atoms with Gasteiger partial charge in [0.2, 0.25) is 0 Å². The maximum absolute atomic E-state index is 7.35. The number of piperidine rings is 1. The molecule has 0 radical (unpaired) electrons. The second kappa shape index (κ2) is 9.29. The van der Waals surface area contributed by atoms with Crippen LogP contribution in [0.25, 0.3) is 38.3 Å². The Labute approximate surface area is 211 Å². The van der Waals surface area contributed by atoms with Gasteiger partial charge < -0.3 is 19.1 Å². The lowest BCUT2D eigenvalue weighted by Gasteiger charge is -2.29. The van der Waals surface area contributed by atoms with Gasteiger partial charge in [-0.2, -0.15) is 0 Å². The van der Waals surface area contributed by atoms with Crippen molar-refractivity contribution in [1.29, 1.82) is 0 Å². The van der Waals surface area contributed by atoms with Gasteiger partial charge in [0.25, 0.3) is 0 Å². The number of hydrogen-bond acceptors (Lipinski definition) is 5. The maximum Gasteiger partial charge on any atom is 0.187 e. The summed E-state index contributed by atoms with van der Waals surface area (Å²) in [5.41, 5.74) is 7.60. The number of ether oxygens (including phenoxy) is 1. The van der Waals surface area contributed by atoms with Gasteiger partial charge in [0, 0.05) is 24.7 Å². The van der Waals surface area contributed by atoms with Crippen LogP contribution in [-0.4, -0.2) is 59.8 Å². The highest BCUT2D eigenvalue weighted by molar-refractivity contribution is 5.99. The summed E-state index contributed by atoms with van der Waals surface area (Å²) in [6.07, 6.45) is 6.35. The summed E-state index contributed by atoms with van der Waals surface area (Å²) in [6.45, 7) is 12.1. The number of nitrogens with zero attached hydrogens (tertiary/aromatic N) is 6.